The molecule has 0 radical (unpaired) electrons. The third-order valence-corrected chi connectivity index (χ3v) is 12.6. The molecule has 2 aliphatic carbocycles. The molecule has 1 aromatic carbocycles. The van der Waals surface area contributed by atoms with Crippen LogP contribution in [0.5, 0.6) is 0 Å². The van der Waals surface area contributed by atoms with E-state index in [4.69, 9.17) is 9.72 Å². The maximum absolute atomic E-state index is 15.0. The molecule has 0 bridgehead atoms. The number of aryl methyl sites for hydroxylation is 1. The predicted molar refractivity (Wildman–Crippen MR) is 145 cm³/mol. The molecule has 4 aliphatic rings. The highest BCUT2D eigenvalue weighted by molar-refractivity contribution is 7.09. The highest BCUT2D eigenvalue weighted by Crippen LogP contribution is 2.45. The van der Waals surface area contributed by atoms with Gasteiger partial charge in [0.15, 0.2) is 0 Å². The van der Waals surface area contributed by atoms with Crippen molar-refractivity contribution in [2.45, 2.75) is 71.7 Å². The summed E-state index contributed by atoms with van der Waals surface area (Å²) in [6.45, 7) is 5.54. The Morgan fingerprint density at radius 2 is 2.03 bits per heavy atom. The van der Waals surface area contributed by atoms with Gasteiger partial charge in [0.05, 0.1) is 35.1 Å². The molecule has 3 atom stereocenters. The smallest absolute Gasteiger partial charge is 0.347 e. The van der Waals surface area contributed by atoms with Crippen LogP contribution in [0.1, 0.15) is 67.0 Å². The van der Waals surface area contributed by atoms with Crippen molar-refractivity contribution in [3.05, 3.63) is 56.1 Å². The molecule has 8 nitrogen and oxygen atoms in total. The Labute approximate surface area is 225 Å². The van der Waals surface area contributed by atoms with Gasteiger partial charge in [-0.3, -0.25) is 14.4 Å². The van der Waals surface area contributed by atoms with Crippen LogP contribution in [0.3, 0.4) is 0 Å². The van der Waals surface area contributed by atoms with Crippen molar-refractivity contribution in [2.75, 3.05) is 0 Å². The van der Waals surface area contributed by atoms with E-state index in [-0.39, 0.29) is 48.4 Å². The topological polar surface area (TPSA) is 111 Å². The maximum atomic E-state index is 15.0. The number of cyclic esters (lactones) is 1. The first-order valence-corrected chi connectivity index (χ1v) is 15.9. The summed E-state index contributed by atoms with van der Waals surface area (Å²) < 4.78 is 21.9. The lowest BCUT2D eigenvalue weighted by Gasteiger charge is -2.30. The number of nitrogens with zero attached hydrogens (tertiary/aromatic N) is 2. The molecule has 1 amide bonds. The van der Waals surface area contributed by atoms with Gasteiger partial charge in [-0.1, -0.05) is 13.8 Å². The molecule has 7 rings (SSSR count). The number of halogens is 1. The summed E-state index contributed by atoms with van der Waals surface area (Å²) >= 11 is 0. The second-order valence-corrected chi connectivity index (χ2v) is 14.9. The minimum absolute atomic E-state index is 0.0151. The van der Waals surface area contributed by atoms with Crippen LogP contribution in [-0.4, -0.2) is 34.2 Å². The second-order valence-electron chi connectivity index (χ2n) is 11.5. The fourth-order valence-corrected chi connectivity index (χ4v) is 9.07. The van der Waals surface area contributed by atoms with Gasteiger partial charge in [-0.05, 0) is 72.5 Å². The molecular weight excluding hydrogens is 517 g/mol. The Kier molecular flexibility index (Phi) is 5.26. The van der Waals surface area contributed by atoms with Crippen LogP contribution in [0.15, 0.2) is 16.9 Å². The van der Waals surface area contributed by atoms with Crippen molar-refractivity contribution in [1.29, 1.82) is 0 Å². The SMILES string of the molecule is CC[Si@@]1(O)C(=O)OCc2c1cc1n(c2=O)Cc2c-1nc1cc(F)c(C)c3c1c2[C@@H](NC(=O)[C@@H](C)C1CC1)CC3. The summed E-state index contributed by atoms with van der Waals surface area (Å²) in [4.78, 5) is 55.7. The molecule has 3 aromatic rings. The third-order valence-electron chi connectivity index (χ3n) is 9.44. The van der Waals surface area contributed by atoms with E-state index in [1.54, 1.807) is 24.5 Å². The normalized spacial score (nSPS) is 23.6. The summed E-state index contributed by atoms with van der Waals surface area (Å²) in [5.74, 6) is 0.0202. The van der Waals surface area contributed by atoms with Crippen molar-refractivity contribution in [2.24, 2.45) is 11.8 Å². The zero-order chi connectivity index (χ0) is 27.4. The van der Waals surface area contributed by atoms with E-state index in [9.17, 15) is 19.2 Å². The number of aromatic nitrogens is 2. The molecule has 2 aliphatic heterocycles. The molecule has 202 valence electrons. The van der Waals surface area contributed by atoms with Gasteiger partial charge < -0.3 is 19.4 Å². The molecule has 39 heavy (non-hydrogen) atoms. The lowest BCUT2D eigenvalue weighted by Crippen LogP contribution is -2.61. The number of rotatable bonds is 4. The molecular formula is C29H30FN3O5Si. The molecule has 2 aromatic heterocycles. The molecule has 1 saturated carbocycles. The number of benzene rings is 1. The number of amides is 1. The molecule has 0 saturated heterocycles. The van der Waals surface area contributed by atoms with Crippen LogP contribution in [-0.2, 0) is 29.1 Å². The summed E-state index contributed by atoms with van der Waals surface area (Å²) in [7, 11) is -3.69. The Morgan fingerprint density at radius 1 is 1.26 bits per heavy atom. The Balaban J connectivity index is 1.46. The fourth-order valence-electron chi connectivity index (χ4n) is 6.81. The zero-order valence-corrected chi connectivity index (χ0v) is 23.2. The second kappa shape index (κ2) is 8.31. The summed E-state index contributed by atoms with van der Waals surface area (Å²) in [6.07, 6.45) is 3.38. The molecule has 2 N–H and O–H groups in total. The van der Waals surface area contributed by atoms with Gasteiger partial charge in [-0.2, -0.15) is 0 Å². The van der Waals surface area contributed by atoms with Gasteiger partial charge in [0.2, 0.25) is 5.91 Å². The van der Waals surface area contributed by atoms with Gasteiger partial charge in [0.25, 0.3) is 5.56 Å². The van der Waals surface area contributed by atoms with Gasteiger partial charge in [0, 0.05) is 22.9 Å². The minimum atomic E-state index is -3.69. The van der Waals surface area contributed by atoms with E-state index >= 15 is 4.39 Å². The van der Waals surface area contributed by atoms with Crippen LogP contribution in [0.2, 0.25) is 6.04 Å². The van der Waals surface area contributed by atoms with Crippen LogP contribution in [0, 0.1) is 24.6 Å². The van der Waals surface area contributed by atoms with E-state index in [0.29, 0.717) is 52.0 Å². The molecule has 1 fully saturated rings. The van der Waals surface area contributed by atoms with E-state index in [2.05, 4.69) is 5.32 Å². The first-order chi connectivity index (χ1) is 18.6. The largest absolute Gasteiger partial charge is 0.463 e. The number of hydrogen-bond donors (Lipinski definition) is 2. The standard InChI is InChI=1S/C29H30FN3O5Si/c1-4-39(37)23-10-22-26-17(11-33(22)28(35)18(23)12-38-29(39)36)25-20(32-27(34)13(2)15-5-6-15)8-7-16-14(3)19(30)9-21(31-26)24(16)25/h9-10,13,15,20,37H,4-8,11-12H2,1-3H3,(H,32,34)/t13-,20-,39-/m0/s1. The summed E-state index contributed by atoms with van der Waals surface area (Å²) in [5.41, 5.74) is 4.08. The average molecular weight is 548 g/mol. The Bertz CT molecular complexity index is 1700. The van der Waals surface area contributed by atoms with Crippen LogP contribution in [0.25, 0.3) is 22.3 Å². The lowest BCUT2D eigenvalue weighted by atomic mass is 9.81. The van der Waals surface area contributed by atoms with Crippen molar-refractivity contribution in [3.8, 4) is 11.4 Å². The van der Waals surface area contributed by atoms with Crippen LogP contribution in [0.4, 0.5) is 9.18 Å². The van der Waals surface area contributed by atoms with E-state index < -0.39 is 13.9 Å². The zero-order valence-electron chi connectivity index (χ0n) is 22.2. The minimum Gasteiger partial charge on any atom is -0.463 e. The number of pyridine rings is 2. The van der Waals surface area contributed by atoms with Crippen molar-refractivity contribution < 1.29 is 23.5 Å². The molecule has 0 spiro atoms. The predicted octanol–water partition coefficient (Wildman–Crippen LogP) is 3.42. The first kappa shape index (κ1) is 24.7. The van der Waals surface area contributed by atoms with E-state index in [1.165, 1.54) is 6.07 Å². The number of hydrogen-bond acceptors (Lipinski definition) is 6. The third kappa shape index (κ3) is 3.37. The van der Waals surface area contributed by atoms with Gasteiger partial charge in [-0.15, -0.1) is 0 Å². The number of fused-ring (bicyclic) bond motifs is 5. The van der Waals surface area contributed by atoms with Gasteiger partial charge in [-0.25, -0.2) is 9.37 Å². The van der Waals surface area contributed by atoms with Crippen molar-refractivity contribution >= 4 is 35.9 Å². The Morgan fingerprint density at radius 3 is 2.74 bits per heavy atom. The number of carbonyl (C=O) groups is 2. The summed E-state index contributed by atoms with van der Waals surface area (Å²) in [5, 5.41) is 4.51. The van der Waals surface area contributed by atoms with Crippen LogP contribution >= 0.6 is 0 Å². The first-order valence-electron chi connectivity index (χ1n) is 13.8. The highest BCUT2D eigenvalue weighted by Gasteiger charge is 2.49. The van der Waals surface area contributed by atoms with Crippen molar-refractivity contribution in [1.82, 2.24) is 14.9 Å². The van der Waals surface area contributed by atoms with Gasteiger partial charge in [0.1, 0.15) is 12.4 Å². The average Bonchev–Trinajstić information content (AvgIpc) is 3.71. The van der Waals surface area contributed by atoms with Gasteiger partial charge >= 0.3 is 13.9 Å². The van der Waals surface area contributed by atoms with Crippen molar-refractivity contribution in [3.63, 3.8) is 0 Å². The van der Waals surface area contributed by atoms with E-state index in [1.807, 2.05) is 6.92 Å². The number of carbonyl (C=O) groups excluding carboxylic acids is 2. The number of ether oxygens (including phenoxy) is 1. The number of nitrogens with one attached hydrogen (secondary N) is 1. The quantitative estimate of drug-likeness (QED) is 0.379. The molecule has 10 heteroatoms. The van der Waals surface area contributed by atoms with Crippen LogP contribution < -0.4 is 16.1 Å². The lowest BCUT2D eigenvalue weighted by molar-refractivity contribution is -0.125. The monoisotopic (exact) mass is 547 g/mol. The fraction of sp³-hybridized carbons (Fsp3) is 0.448. The maximum Gasteiger partial charge on any atom is 0.347 e. The molecule has 0 unspecified atom stereocenters. The van der Waals surface area contributed by atoms with E-state index in [0.717, 1.165) is 34.9 Å². The summed E-state index contributed by atoms with van der Waals surface area (Å²) in [6, 6.07) is 3.05. The Hall–Kier alpha value is -3.37. The highest BCUT2D eigenvalue weighted by atomic mass is 28.4. The molecule has 4 heterocycles.